The monoisotopic (exact) mass is 1010 g/mol. The van der Waals surface area contributed by atoms with E-state index in [2.05, 4.69) is 36.6 Å². The molecule has 1 heterocycles. The lowest BCUT2D eigenvalue weighted by Gasteiger charge is -2.41. The zero-order valence-corrected chi connectivity index (χ0v) is 41.6. The first kappa shape index (κ1) is 56.4. The Morgan fingerprint density at radius 3 is 1.97 bits per heavy atom. The Morgan fingerprint density at radius 1 is 0.740 bits per heavy atom. The molecule has 1 fully saturated rings. The van der Waals surface area contributed by atoms with Crippen molar-refractivity contribution < 1.29 is 43.4 Å². The molecule has 73 heavy (non-hydrogen) atoms. The van der Waals surface area contributed by atoms with Gasteiger partial charge < -0.3 is 70.1 Å². The lowest BCUT2D eigenvalue weighted by molar-refractivity contribution is -0.141. The van der Waals surface area contributed by atoms with Gasteiger partial charge in [-0.05, 0) is 119 Å². The number of unbranched alkanes of at least 4 members (excludes halogenated alkanes) is 1. The molecule has 0 unspecified atom stereocenters. The van der Waals surface area contributed by atoms with E-state index in [1.165, 1.54) is 0 Å². The van der Waals surface area contributed by atoms with Gasteiger partial charge in [0.2, 0.25) is 35.4 Å². The van der Waals surface area contributed by atoms with Crippen molar-refractivity contribution in [3.8, 4) is 5.75 Å². The minimum Gasteiger partial charge on any atom is -0.491 e. The Balaban J connectivity index is 1.45. The van der Waals surface area contributed by atoms with Gasteiger partial charge in [0.1, 0.15) is 35.5 Å². The molecule has 1 aliphatic rings. The zero-order valence-electron chi connectivity index (χ0n) is 41.6. The number of nitrogens with zero attached hydrogens (tertiary/aromatic N) is 1. The van der Waals surface area contributed by atoms with Gasteiger partial charge in [-0.1, -0.05) is 60.7 Å². The van der Waals surface area contributed by atoms with Crippen molar-refractivity contribution in [3.63, 3.8) is 0 Å². The van der Waals surface area contributed by atoms with E-state index in [1.54, 1.807) is 36.5 Å². The van der Waals surface area contributed by atoms with Gasteiger partial charge in [0.25, 0.3) is 0 Å². The fourth-order valence-corrected chi connectivity index (χ4v) is 9.01. The van der Waals surface area contributed by atoms with Crippen LogP contribution in [0.2, 0.25) is 0 Å². The number of nitrogens with one attached hydrogen (secondary N) is 6. The van der Waals surface area contributed by atoms with Crippen LogP contribution in [0, 0.1) is 0 Å². The number of aliphatic imine (C=N–C) groups is 1. The van der Waals surface area contributed by atoms with Gasteiger partial charge in [0.15, 0.2) is 5.96 Å². The molecule has 21 heteroatoms. The van der Waals surface area contributed by atoms with Crippen LogP contribution in [0.25, 0.3) is 10.9 Å². The number of aromatic nitrogens is 1. The molecule has 394 valence electrons. The number of hydrogen-bond donors (Lipinski definition) is 12. The van der Waals surface area contributed by atoms with Crippen LogP contribution in [-0.4, -0.2) is 112 Å². The third-order valence-electron chi connectivity index (χ3n) is 12.9. The number of H-pyrrole nitrogens is 1. The molecule has 1 aliphatic carbocycles. The van der Waals surface area contributed by atoms with Crippen molar-refractivity contribution in [2.24, 2.45) is 33.7 Å². The molecular weight excluding hydrogens is 937 g/mol. The minimum absolute atomic E-state index is 0.0139. The maximum Gasteiger partial charge on any atom is 0.305 e. The highest BCUT2D eigenvalue weighted by Crippen LogP contribution is 2.39. The van der Waals surface area contributed by atoms with Crippen LogP contribution in [0.15, 0.2) is 90.1 Å². The van der Waals surface area contributed by atoms with E-state index in [-0.39, 0.29) is 69.5 Å². The molecule has 5 atom stereocenters. The smallest absolute Gasteiger partial charge is 0.305 e. The molecule has 0 saturated heterocycles. The van der Waals surface area contributed by atoms with Gasteiger partial charge in [-0.3, -0.25) is 38.6 Å². The second kappa shape index (κ2) is 27.3. The van der Waals surface area contributed by atoms with E-state index in [1.807, 2.05) is 62.4 Å². The molecule has 0 bridgehead atoms. The SMILES string of the molecule is CC(C)Oc1ccc(C2CCC(NC(=O)[C@@H](N)CC(=O)O)(C(=O)N[C@H](Cc3ccccc3)C(=O)N[C@@H](CCCN=C(N)N)C(=O)N[C@@H](Cc3c[nH]c4ccccc34)C(=O)N[C@@H](CCCCN)C(N)=O)CC2)cc1. The summed E-state index contributed by atoms with van der Waals surface area (Å²) in [6, 6.07) is 17.4. The Bertz CT molecular complexity index is 2520. The first-order chi connectivity index (χ1) is 34.9. The minimum atomic E-state index is -1.62. The van der Waals surface area contributed by atoms with Gasteiger partial charge in [0, 0.05) is 36.5 Å². The third kappa shape index (κ3) is 17.1. The number of aromatic amines is 1. The number of benzene rings is 3. The van der Waals surface area contributed by atoms with Crippen LogP contribution in [0.1, 0.15) is 101 Å². The van der Waals surface area contributed by atoms with E-state index in [0.29, 0.717) is 49.1 Å². The predicted molar refractivity (Wildman–Crippen MR) is 276 cm³/mol. The average Bonchev–Trinajstić information content (AvgIpc) is 3.76. The molecule has 21 nitrogen and oxygen atoms in total. The number of primary amides is 1. The highest BCUT2D eigenvalue weighted by molar-refractivity contribution is 5.99. The summed E-state index contributed by atoms with van der Waals surface area (Å²) < 4.78 is 5.82. The number of carboxylic acid groups (broad SMARTS) is 1. The Hall–Kier alpha value is -7.52. The van der Waals surface area contributed by atoms with E-state index in [0.717, 1.165) is 16.5 Å². The largest absolute Gasteiger partial charge is 0.491 e. The summed E-state index contributed by atoms with van der Waals surface area (Å²) in [4.78, 5) is 103. The first-order valence-corrected chi connectivity index (χ1v) is 24.8. The topological polar surface area (TPSA) is 367 Å². The number of amides is 6. The summed E-state index contributed by atoms with van der Waals surface area (Å²) in [6.07, 6.45) is 3.48. The molecule has 4 aromatic rings. The molecule has 0 radical (unpaired) electrons. The number of carbonyl (C=O) groups excluding carboxylic acids is 6. The van der Waals surface area contributed by atoms with Crippen LogP contribution in [0.5, 0.6) is 5.75 Å². The second-order valence-corrected chi connectivity index (χ2v) is 18.9. The fourth-order valence-electron chi connectivity index (χ4n) is 9.01. The highest BCUT2D eigenvalue weighted by atomic mass is 16.5. The summed E-state index contributed by atoms with van der Waals surface area (Å²) in [5.74, 6) is -5.35. The van der Waals surface area contributed by atoms with Crippen LogP contribution in [-0.2, 0) is 46.4 Å². The molecule has 0 aliphatic heterocycles. The molecule has 17 N–H and O–H groups in total. The number of rotatable bonds is 28. The fraction of sp³-hybridized carbons (Fsp3) is 0.462. The standard InChI is InChI=1S/C52H72N12O9/c1-31(2)73-36-19-17-33(18-20-36)34-21-23-52(24-22-34,64-46(68)38(54)29-44(65)66)50(72)63-42(27-32-11-4-3-5-12-32)48(70)61-41(16-10-26-58-51(56)57)47(69)62-43(28-35-30-59-39-14-7-6-13-37(35)39)49(71)60-40(45(55)67)15-8-9-25-53/h3-7,11-14,17-20,30-31,34,38,40-43,59H,8-10,15-16,21-29,53-54H2,1-2H3,(H2,55,67)(H,60,71)(H,61,70)(H,62,69)(H,63,72)(H,64,68)(H,65,66)(H4,56,57,58)/t34?,38-,40-,41-,42+,43-,52?/m0/s1. The van der Waals surface area contributed by atoms with Crippen molar-refractivity contribution in [2.45, 2.75) is 139 Å². The summed E-state index contributed by atoms with van der Waals surface area (Å²) >= 11 is 0. The van der Waals surface area contributed by atoms with E-state index in [9.17, 15) is 38.7 Å². The molecular formula is C52H72N12O9. The number of ether oxygens (including phenoxy) is 1. The summed E-state index contributed by atoms with van der Waals surface area (Å²) in [6.45, 7) is 4.31. The number of carboxylic acids is 1. The number of fused-ring (bicyclic) bond motifs is 1. The van der Waals surface area contributed by atoms with Crippen molar-refractivity contribution >= 4 is 58.3 Å². The maximum atomic E-state index is 14.9. The van der Waals surface area contributed by atoms with Crippen LogP contribution < -0.4 is 60.0 Å². The molecule has 1 aromatic heterocycles. The van der Waals surface area contributed by atoms with Crippen LogP contribution >= 0.6 is 0 Å². The van der Waals surface area contributed by atoms with Crippen LogP contribution in [0.4, 0.5) is 0 Å². The third-order valence-corrected chi connectivity index (χ3v) is 12.9. The Morgan fingerprint density at radius 2 is 1.34 bits per heavy atom. The molecule has 0 spiro atoms. The normalized spacial score (nSPS) is 17.5. The maximum absolute atomic E-state index is 14.9. The molecule has 3 aromatic carbocycles. The average molecular weight is 1010 g/mol. The summed E-state index contributed by atoms with van der Waals surface area (Å²) in [5, 5.41) is 24.2. The Kier molecular flexibility index (Phi) is 21.1. The highest BCUT2D eigenvalue weighted by Gasteiger charge is 2.45. The number of guanidine groups is 1. The second-order valence-electron chi connectivity index (χ2n) is 18.9. The molecule has 1 saturated carbocycles. The van der Waals surface area contributed by atoms with Crippen molar-refractivity contribution in [2.75, 3.05) is 13.1 Å². The van der Waals surface area contributed by atoms with E-state index in [4.69, 9.17) is 33.4 Å². The zero-order chi connectivity index (χ0) is 53.1. The number of hydrogen-bond acceptors (Lipinski definition) is 11. The first-order valence-electron chi connectivity index (χ1n) is 24.8. The van der Waals surface area contributed by atoms with Gasteiger partial charge in [-0.25, -0.2) is 0 Å². The number of nitrogens with two attached hydrogens (primary N) is 5. The van der Waals surface area contributed by atoms with Gasteiger partial charge >= 0.3 is 5.97 Å². The van der Waals surface area contributed by atoms with Crippen LogP contribution in [0.3, 0.4) is 0 Å². The number of para-hydroxylation sites is 1. The molecule has 5 rings (SSSR count). The van der Waals surface area contributed by atoms with E-state index < -0.39 is 83.6 Å². The van der Waals surface area contributed by atoms with Crippen molar-refractivity contribution in [3.05, 3.63) is 102 Å². The quantitative estimate of drug-likeness (QED) is 0.0218. The van der Waals surface area contributed by atoms with Crippen molar-refractivity contribution in [1.82, 2.24) is 31.6 Å². The van der Waals surface area contributed by atoms with Gasteiger partial charge in [-0.2, -0.15) is 0 Å². The lowest BCUT2D eigenvalue weighted by atomic mass is 9.73. The van der Waals surface area contributed by atoms with Gasteiger partial charge in [0.05, 0.1) is 18.6 Å². The van der Waals surface area contributed by atoms with Gasteiger partial charge in [-0.15, -0.1) is 0 Å². The summed E-state index contributed by atoms with van der Waals surface area (Å²) in [7, 11) is 0. The predicted octanol–water partition coefficient (Wildman–Crippen LogP) is 1.36. The van der Waals surface area contributed by atoms with Crippen molar-refractivity contribution in [1.29, 1.82) is 0 Å². The molecule has 6 amide bonds. The summed E-state index contributed by atoms with van der Waals surface area (Å²) in [5.41, 5.74) is 30.1. The van der Waals surface area contributed by atoms with E-state index >= 15 is 0 Å². The lowest BCUT2D eigenvalue weighted by Crippen LogP contribution is -2.65. The number of aliphatic carboxylic acids is 1. The Labute approximate surface area is 424 Å². The number of carbonyl (C=O) groups is 7.